The summed E-state index contributed by atoms with van der Waals surface area (Å²) in [5.41, 5.74) is 0.471. The molecule has 3 rings (SSSR count). The van der Waals surface area contributed by atoms with Crippen molar-refractivity contribution in [2.24, 2.45) is 0 Å². The zero-order valence-electron chi connectivity index (χ0n) is 11.1. The molecule has 2 aliphatic rings. The number of fused-ring (bicyclic) bond motifs is 1. The van der Waals surface area contributed by atoms with Gasteiger partial charge in [0.15, 0.2) is 0 Å². The van der Waals surface area contributed by atoms with E-state index in [1.807, 2.05) is 4.90 Å². The van der Waals surface area contributed by atoms with Crippen molar-refractivity contribution in [3.05, 3.63) is 24.0 Å². The first-order valence-corrected chi connectivity index (χ1v) is 6.84. The summed E-state index contributed by atoms with van der Waals surface area (Å²) in [7, 11) is 0. The summed E-state index contributed by atoms with van der Waals surface area (Å²) in [5.74, 6) is 0.0143. The molecular formula is C14H19N3O2. The lowest BCUT2D eigenvalue weighted by Crippen LogP contribution is -2.56. The zero-order valence-corrected chi connectivity index (χ0v) is 11.1. The Morgan fingerprint density at radius 1 is 1.42 bits per heavy atom. The highest BCUT2D eigenvalue weighted by atomic mass is 16.3. The third-order valence-corrected chi connectivity index (χ3v) is 4.17. The van der Waals surface area contributed by atoms with Crippen LogP contribution in [0.25, 0.3) is 0 Å². The number of carbonyl (C=O) groups is 1. The molecule has 2 fully saturated rings. The molecule has 1 aromatic heterocycles. The minimum Gasteiger partial charge on any atom is -0.506 e. The van der Waals surface area contributed by atoms with Crippen molar-refractivity contribution in [1.82, 2.24) is 14.8 Å². The fourth-order valence-electron chi connectivity index (χ4n) is 3.18. The van der Waals surface area contributed by atoms with E-state index in [1.165, 1.54) is 31.3 Å². The quantitative estimate of drug-likeness (QED) is 0.822. The highest BCUT2D eigenvalue weighted by Gasteiger charge is 2.36. The first-order valence-electron chi connectivity index (χ1n) is 6.84. The molecule has 2 saturated heterocycles. The maximum atomic E-state index is 12.5. The van der Waals surface area contributed by atoms with Gasteiger partial charge in [-0.2, -0.15) is 0 Å². The molecular weight excluding hydrogens is 242 g/mol. The van der Waals surface area contributed by atoms with Crippen LogP contribution in [0.15, 0.2) is 18.5 Å². The molecule has 102 valence electrons. The summed E-state index contributed by atoms with van der Waals surface area (Å²) in [6.45, 7) is 4.98. The van der Waals surface area contributed by atoms with Gasteiger partial charge < -0.3 is 10.0 Å². The van der Waals surface area contributed by atoms with E-state index in [4.69, 9.17) is 0 Å². The van der Waals surface area contributed by atoms with Crippen molar-refractivity contribution in [3.63, 3.8) is 0 Å². The molecule has 0 radical (unpaired) electrons. The van der Waals surface area contributed by atoms with E-state index in [-0.39, 0.29) is 17.7 Å². The van der Waals surface area contributed by atoms with Gasteiger partial charge in [0, 0.05) is 31.4 Å². The number of piperazine rings is 1. The fraction of sp³-hybridized carbons (Fsp3) is 0.571. The number of aromatic nitrogens is 1. The highest BCUT2D eigenvalue weighted by molar-refractivity contribution is 5.94. The van der Waals surface area contributed by atoms with Crippen molar-refractivity contribution in [1.29, 1.82) is 0 Å². The summed E-state index contributed by atoms with van der Waals surface area (Å²) in [6, 6.07) is 2.21. The Kier molecular flexibility index (Phi) is 3.14. The molecule has 19 heavy (non-hydrogen) atoms. The summed E-state index contributed by atoms with van der Waals surface area (Å²) in [5, 5.41) is 9.43. The summed E-state index contributed by atoms with van der Waals surface area (Å²) in [6.07, 6.45) is 5.27. The fourth-order valence-corrected chi connectivity index (χ4v) is 3.18. The van der Waals surface area contributed by atoms with Crippen LogP contribution in [0.2, 0.25) is 0 Å². The second-order valence-corrected chi connectivity index (χ2v) is 5.53. The number of carbonyl (C=O) groups excluding carboxylic acids is 1. The molecule has 5 heteroatoms. The lowest BCUT2D eigenvalue weighted by Gasteiger charge is -2.42. The molecule has 0 bridgehead atoms. The molecule has 0 aromatic carbocycles. The Morgan fingerprint density at radius 3 is 3.05 bits per heavy atom. The molecule has 3 heterocycles. The van der Waals surface area contributed by atoms with Gasteiger partial charge in [0.1, 0.15) is 5.75 Å². The Hall–Kier alpha value is -1.62. The number of hydrogen-bond donors (Lipinski definition) is 1. The van der Waals surface area contributed by atoms with Crippen LogP contribution in [0.4, 0.5) is 0 Å². The smallest absolute Gasteiger partial charge is 0.255 e. The number of amides is 1. The van der Waals surface area contributed by atoms with Gasteiger partial charge in [-0.1, -0.05) is 0 Å². The normalized spacial score (nSPS) is 27.3. The Bertz CT molecular complexity index is 491. The zero-order chi connectivity index (χ0) is 13.4. The first kappa shape index (κ1) is 12.4. The second kappa shape index (κ2) is 4.81. The van der Waals surface area contributed by atoms with Gasteiger partial charge >= 0.3 is 0 Å². The van der Waals surface area contributed by atoms with Gasteiger partial charge in [0.05, 0.1) is 11.8 Å². The van der Waals surface area contributed by atoms with Crippen LogP contribution < -0.4 is 0 Å². The van der Waals surface area contributed by atoms with E-state index in [2.05, 4.69) is 16.8 Å². The van der Waals surface area contributed by atoms with Crippen LogP contribution in [-0.4, -0.2) is 57.5 Å². The van der Waals surface area contributed by atoms with E-state index in [1.54, 1.807) is 0 Å². The molecule has 2 aliphatic heterocycles. The molecule has 2 unspecified atom stereocenters. The van der Waals surface area contributed by atoms with Gasteiger partial charge in [-0.05, 0) is 32.4 Å². The molecule has 1 amide bonds. The van der Waals surface area contributed by atoms with Gasteiger partial charge in [-0.25, -0.2) is 0 Å². The SMILES string of the molecule is CC1CN2CCCC2CN1C(=O)c1cncc(O)c1. The minimum absolute atomic E-state index is 0.0255. The van der Waals surface area contributed by atoms with Crippen molar-refractivity contribution >= 4 is 5.91 Å². The monoisotopic (exact) mass is 261 g/mol. The van der Waals surface area contributed by atoms with E-state index < -0.39 is 0 Å². The van der Waals surface area contributed by atoms with E-state index in [9.17, 15) is 9.90 Å². The number of rotatable bonds is 1. The van der Waals surface area contributed by atoms with Crippen molar-refractivity contribution < 1.29 is 9.90 Å². The third-order valence-electron chi connectivity index (χ3n) is 4.17. The van der Waals surface area contributed by atoms with E-state index in [0.717, 1.165) is 19.6 Å². The van der Waals surface area contributed by atoms with Crippen LogP contribution in [0.5, 0.6) is 5.75 Å². The third kappa shape index (κ3) is 2.30. The maximum absolute atomic E-state index is 12.5. The Labute approximate surface area is 112 Å². The lowest BCUT2D eigenvalue weighted by atomic mass is 10.1. The minimum atomic E-state index is -0.0255. The number of hydrogen-bond acceptors (Lipinski definition) is 4. The van der Waals surface area contributed by atoms with E-state index >= 15 is 0 Å². The van der Waals surface area contributed by atoms with Crippen LogP contribution in [0.3, 0.4) is 0 Å². The molecule has 0 saturated carbocycles. The van der Waals surface area contributed by atoms with Crippen LogP contribution >= 0.6 is 0 Å². The maximum Gasteiger partial charge on any atom is 0.255 e. The second-order valence-electron chi connectivity index (χ2n) is 5.53. The standard InChI is InChI=1S/C14H19N3O2/c1-10-8-16-4-2-3-12(16)9-17(10)14(19)11-5-13(18)7-15-6-11/h5-7,10,12,18H,2-4,8-9H2,1H3. The van der Waals surface area contributed by atoms with Crippen molar-refractivity contribution in [3.8, 4) is 5.75 Å². The molecule has 0 spiro atoms. The largest absolute Gasteiger partial charge is 0.506 e. The summed E-state index contributed by atoms with van der Waals surface area (Å²) < 4.78 is 0. The average molecular weight is 261 g/mol. The van der Waals surface area contributed by atoms with Crippen LogP contribution in [0, 0.1) is 0 Å². The van der Waals surface area contributed by atoms with Crippen LogP contribution in [0.1, 0.15) is 30.1 Å². The van der Waals surface area contributed by atoms with Gasteiger partial charge in [0.25, 0.3) is 5.91 Å². The predicted octanol–water partition coefficient (Wildman–Crippen LogP) is 1.10. The Morgan fingerprint density at radius 2 is 2.26 bits per heavy atom. The summed E-state index contributed by atoms with van der Waals surface area (Å²) >= 11 is 0. The van der Waals surface area contributed by atoms with Crippen molar-refractivity contribution in [2.75, 3.05) is 19.6 Å². The molecule has 2 atom stereocenters. The van der Waals surface area contributed by atoms with Gasteiger partial charge in [-0.15, -0.1) is 0 Å². The number of aromatic hydroxyl groups is 1. The number of pyridine rings is 1. The highest BCUT2D eigenvalue weighted by Crippen LogP contribution is 2.25. The first-order chi connectivity index (χ1) is 9.15. The molecule has 1 N–H and O–H groups in total. The van der Waals surface area contributed by atoms with Gasteiger partial charge in [0.2, 0.25) is 0 Å². The average Bonchev–Trinajstić information content (AvgIpc) is 2.84. The van der Waals surface area contributed by atoms with Crippen LogP contribution in [-0.2, 0) is 0 Å². The molecule has 5 nitrogen and oxygen atoms in total. The van der Waals surface area contributed by atoms with E-state index in [0.29, 0.717) is 11.6 Å². The van der Waals surface area contributed by atoms with Gasteiger partial charge in [-0.3, -0.25) is 14.7 Å². The Balaban J connectivity index is 1.79. The molecule has 1 aromatic rings. The predicted molar refractivity (Wildman–Crippen MR) is 71.0 cm³/mol. The number of nitrogens with zero attached hydrogens (tertiary/aromatic N) is 3. The summed E-state index contributed by atoms with van der Waals surface area (Å²) in [4.78, 5) is 20.8. The topological polar surface area (TPSA) is 56.7 Å². The molecule has 0 aliphatic carbocycles. The lowest BCUT2D eigenvalue weighted by molar-refractivity contribution is 0.0395. The van der Waals surface area contributed by atoms with Crippen molar-refractivity contribution in [2.45, 2.75) is 31.8 Å².